The fraction of sp³-hybridized carbons (Fsp3) is 0.370. The summed E-state index contributed by atoms with van der Waals surface area (Å²) in [5.41, 5.74) is -16.7. The number of benzene rings is 6. The van der Waals surface area contributed by atoms with Gasteiger partial charge in [0, 0.05) is 97.7 Å². The Morgan fingerprint density at radius 3 is 1.64 bits per heavy atom. The average Bonchev–Trinajstić information content (AvgIpc) is 1.51. The Morgan fingerprint density at radius 2 is 1.07 bits per heavy atom. The van der Waals surface area contributed by atoms with Gasteiger partial charge in [-0.05, 0) is 164 Å². The molecule has 0 fully saturated rings. The Labute approximate surface area is 603 Å². The number of likely N-dealkylation sites (N-methyl/N-ethyl adjacent to an activating group) is 2. The van der Waals surface area contributed by atoms with Crippen molar-refractivity contribution in [1.82, 2.24) is 38.7 Å². The monoisotopic (exact) mass is 1380 g/mol. The van der Waals surface area contributed by atoms with Gasteiger partial charge in [-0.2, -0.15) is 36.3 Å². The molecule has 0 saturated carbocycles. The van der Waals surface area contributed by atoms with Crippen LogP contribution in [0.5, 0.6) is 0 Å². The van der Waals surface area contributed by atoms with E-state index in [0.717, 1.165) is 49.9 Å². The minimum Gasteiger partial charge on any atom is -0.336 e. The third-order valence-electron chi connectivity index (χ3n) is 14.1. The van der Waals surface area contributed by atoms with Gasteiger partial charge in [0.2, 0.25) is 11.8 Å². The molecule has 95 heavy (non-hydrogen) atoms. The summed E-state index contributed by atoms with van der Waals surface area (Å²) in [7, 11) is 0. The van der Waals surface area contributed by atoms with Crippen molar-refractivity contribution in [1.29, 1.82) is 0 Å². The topological polar surface area (TPSA) is 117 Å². The Morgan fingerprint density at radius 1 is 0.558 bits per heavy atom. The van der Waals surface area contributed by atoms with E-state index in [4.69, 9.17) is 42.5 Å². The molecule has 22 heteroatoms. The van der Waals surface area contributed by atoms with Crippen molar-refractivity contribution in [2.75, 3.05) is 52.1 Å². The van der Waals surface area contributed by atoms with Gasteiger partial charge in [-0.1, -0.05) is 148 Å². The molecule has 0 radical (unpaired) electrons. The van der Waals surface area contributed by atoms with Gasteiger partial charge in [0.05, 0.1) is 31.7 Å². The van der Waals surface area contributed by atoms with Crippen LogP contribution in [-0.4, -0.2) is 103 Å². The maximum absolute atomic E-state index is 15.0. The first kappa shape index (κ1) is 39.3. The summed E-state index contributed by atoms with van der Waals surface area (Å²) in [6.45, 7) is -19.8. The second-order valence-corrected chi connectivity index (χ2v) is 21.8. The summed E-state index contributed by atoms with van der Waals surface area (Å²) >= 11 is 0.0877. The molecule has 0 bridgehead atoms. The van der Waals surface area contributed by atoms with Crippen molar-refractivity contribution in [3.63, 3.8) is 0 Å². The molecule has 12 nitrogen and oxygen atoms in total. The van der Waals surface area contributed by atoms with E-state index in [-0.39, 0.29) is 73.9 Å². The molecular weight excluding hydrogens is 1270 g/mol. The normalized spacial score (nSPS) is 20.7. The van der Waals surface area contributed by atoms with Crippen LogP contribution in [-0.2, 0) is 85.1 Å². The first-order valence-corrected chi connectivity index (χ1v) is 30.3. The van der Waals surface area contributed by atoms with E-state index >= 15 is 4.79 Å². The predicted octanol–water partition coefficient (Wildman–Crippen LogP) is 14.7. The SMILES string of the molecule is [2H]C([2H])(Sc1nc(=O)c2c(n1CC(=O)N(Cc1ccc(-c3ccc(C(F)(F)F)cc3)cc1)C([2H])([2H])C([2H])([2H])N(C([2H])([2H])C)C([2H])([2H])C)CCC2)c1ccc(F)cc1.[2H]c1c([2H])c(C([2H])([2H])Sc2nc(=O)c3c(n2CC(=O)N(Cc2c([2H])c([2H])c(-c4c([2H])c([2H])c(C(F)(F)F)c(C)c4[2H])c([2H])c2[2H])C([2H])([2H])C([2H])([2H])N(CC)CC)C([2H])([2H])C([2H])([2H])C3([2H])[2H])c([2H])c([2H])c1F. The molecule has 0 unspecified atom stereocenters. The lowest BCUT2D eigenvalue weighted by molar-refractivity contribution is -0.138. The second-order valence-electron chi connectivity index (χ2n) is 20.3. The largest absolute Gasteiger partial charge is 0.416 e. The summed E-state index contributed by atoms with van der Waals surface area (Å²) in [4.78, 5) is 65.4. The number of amides is 2. The molecule has 10 rings (SSSR count). The van der Waals surface area contributed by atoms with E-state index in [1.54, 1.807) is 0 Å². The molecule has 8 aromatic rings. The van der Waals surface area contributed by atoms with Crippen molar-refractivity contribution in [2.24, 2.45) is 0 Å². The number of thioether (sulfide) groups is 2. The van der Waals surface area contributed by atoms with E-state index in [0.29, 0.717) is 39.9 Å². The first-order valence-electron chi connectivity index (χ1n) is 45.1. The molecule has 0 spiro atoms. The fourth-order valence-corrected chi connectivity index (χ4v) is 10.6. The first-order chi connectivity index (χ1) is 58.2. The van der Waals surface area contributed by atoms with Gasteiger partial charge in [-0.3, -0.25) is 19.2 Å². The van der Waals surface area contributed by atoms with E-state index in [1.807, 2.05) is 0 Å². The third-order valence-corrected chi connectivity index (χ3v) is 15.7. The standard InChI is InChI=1S/C37H40F4N4O2S.C36H38F4N4O2S/c1-4-43(5-2)19-20-44(22-26-9-13-28(14-10-26)29-15-18-32(25(3)21-29)37(39,40)41)34(46)23-45-33-8-6-7-31(33)35(47)42-36(45)48-24-27-11-16-30(38)17-12-27;1-3-42(4-2)20-21-43(22-25-8-12-27(13-9-25)28-14-16-29(17-15-28)36(38,39)40)33(45)23-44-32-7-5-6-31(32)34(46)41-35(44)47-24-26-10-18-30(37)19-11-26/h9-18,21H,4-8,19-20,22-24H2,1-3H3;8-19H,3-7,20-24H2,1-2H3/i6D2,7D2,8D2,9D,10D,11D,12D,13D,14D,15D,16D,17D,18D,19D2,20D2,21D,24D2;3D2,4D2,20D2,21D2,24D2. The smallest absolute Gasteiger partial charge is 0.336 e. The highest BCUT2D eigenvalue weighted by atomic mass is 32.2. The van der Waals surface area contributed by atoms with E-state index in [2.05, 4.69) is 9.97 Å². The highest BCUT2D eigenvalue weighted by molar-refractivity contribution is 7.98. The van der Waals surface area contributed by atoms with Crippen LogP contribution < -0.4 is 11.1 Å². The summed E-state index contributed by atoms with van der Waals surface area (Å²) in [5, 5.41) is -1.48. The molecule has 2 heterocycles. The number of hydrogen-bond acceptors (Lipinski definition) is 10. The van der Waals surface area contributed by atoms with Crippen LogP contribution in [0.3, 0.4) is 0 Å². The zero-order valence-corrected chi connectivity index (χ0v) is 52.5. The highest BCUT2D eigenvalue weighted by Gasteiger charge is 2.33. The van der Waals surface area contributed by atoms with E-state index < -0.39 is 264 Å². The summed E-state index contributed by atoms with van der Waals surface area (Å²) < 4.78 is 396. The number of alkyl halides is 6. The van der Waals surface area contributed by atoms with Crippen LogP contribution >= 0.6 is 23.5 Å². The number of rotatable bonds is 26. The van der Waals surface area contributed by atoms with Crippen LogP contribution in [0.25, 0.3) is 22.3 Å². The van der Waals surface area contributed by atoms with Gasteiger partial charge >= 0.3 is 12.4 Å². The molecule has 6 aromatic carbocycles. The van der Waals surface area contributed by atoms with Gasteiger partial charge in [0.1, 0.15) is 24.7 Å². The molecule has 2 aliphatic carbocycles. The predicted molar refractivity (Wildman–Crippen MR) is 358 cm³/mol. The van der Waals surface area contributed by atoms with E-state index in [1.165, 1.54) is 66.9 Å². The molecule has 0 saturated heterocycles. The van der Waals surface area contributed by atoms with Crippen LogP contribution in [0.1, 0.15) is 147 Å². The molecule has 0 N–H and O–H groups in total. The molecule has 0 aliphatic heterocycles. The van der Waals surface area contributed by atoms with E-state index in [9.17, 15) is 52.2 Å². The summed E-state index contributed by atoms with van der Waals surface area (Å²) in [5.74, 6) is -5.25. The molecule has 502 valence electrons. The lowest BCUT2D eigenvalue weighted by Crippen LogP contribution is -2.40. The number of nitrogens with zero attached hydrogens (tertiary/aromatic N) is 8. The van der Waals surface area contributed by atoms with Crippen molar-refractivity contribution in [3.05, 3.63) is 233 Å². The third kappa shape index (κ3) is 19.0. The fourth-order valence-electron chi connectivity index (χ4n) is 9.16. The Hall–Kier alpha value is -7.92. The lowest BCUT2D eigenvalue weighted by Gasteiger charge is -2.28. The maximum atomic E-state index is 15.0. The van der Waals surface area contributed by atoms with Crippen LogP contribution in [0.2, 0.25) is 0 Å². The van der Waals surface area contributed by atoms with Gasteiger partial charge in [0.15, 0.2) is 10.3 Å². The van der Waals surface area contributed by atoms with Crippen LogP contribution in [0, 0.1) is 18.6 Å². The van der Waals surface area contributed by atoms with Crippen molar-refractivity contribution < 1.29 is 89.9 Å². The zero-order chi connectivity index (χ0) is 97.3. The van der Waals surface area contributed by atoms with Crippen LogP contribution in [0.4, 0.5) is 35.1 Å². The summed E-state index contributed by atoms with van der Waals surface area (Å²) in [6, 6.07) is 0.663. The zero-order valence-electron chi connectivity index (χ0n) is 83.8. The molecular formula is C73H78F8N8O4S2. The number of carbonyl (C=O) groups is 2. The lowest BCUT2D eigenvalue weighted by atomic mass is 9.98. The number of carbonyl (C=O) groups excluding carboxylic acids is 2. The number of hydrogen-bond donors (Lipinski definition) is 0. The summed E-state index contributed by atoms with van der Waals surface area (Å²) in [6.07, 6.45) is -19.8. The van der Waals surface area contributed by atoms with Gasteiger partial charge in [-0.25, -0.2) is 8.78 Å². The van der Waals surface area contributed by atoms with Crippen molar-refractivity contribution in [3.8, 4) is 22.3 Å². The number of aromatic nitrogens is 4. The molecule has 2 amide bonds. The minimum absolute atomic E-state index is 0.00943. The molecule has 2 aromatic heterocycles. The molecule has 0 atom stereocenters. The van der Waals surface area contributed by atoms with Gasteiger partial charge < -0.3 is 28.7 Å². The Kier molecular flexibility index (Phi) is 13.5. The number of fused-ring (bicyclic) bond motifs is 2. The van der Waals surface area contributed by atoms with Crippen LogP contribution in [0.15, 0.2) is 159 Å². The van der Waals surface area contributed by atoms with Crippen molar-refractivity contribution >= 4 is 35.3 Å². The Balaban J connectivity index is 0.000000296. The maximum Gasteiger partial charge on any atom is 0.416 e. The second kappa shape index (κ2) is 32.7. The average molecular weight is 1380 g/mol. The van der Waals surface area contributed by atoms with Gasteiger partial charge in [-0.15, -0.1) is 0 Å². The number of halogens is 8. The highest BCUT2D eigenvalue weighted by Crippen LogP contribution is 2.36. The van der Waals surface area contributed by atoms with Gasteiger partial charge in [0.25, 0.3) is 11.1 Å². The molecule has 2 aliphatic rings. The van der Waals surface area contributed by atoms with Crippen molar-refractivity contribution in [2.45, 2.75) is 133 Å². The minimum atomic E-state index is -5.25. The Bertz CT molecular complexity index is 5700. The quantitative estimate of drug-likeness (QED) is 0.0295.